The zero-order valence-corrected chi connectivity index (χ0v) is 41.7. The highest BCUT2D eigenvalue weighted by atomic mass is 31.2. The molecule has 78 heavy (non-hydrogen) atoms. The van der Waals surface area contributed by atoms with Crippen molar-refractivity contribution in [2.45, 2.75) is 185 Å². The van der Waals surface area contributed by atoms with Crippen LogP contribution in [0.2, 0.25) is 0 Å². The number of carboxylic acid groups (broad SMARTS) is 3. The van der Waals surface area contributed by atoms with Crippen LogP contribution in [-0.4, -0.2) is 311 Å². The van der Waals surface area contributed by atoms with Crippen LogP contribution in [0.3, 0.4) is 0 Å². The predicted molar refractivity (Wildman–Crippen MR) is 234 cm³/mol. The zero-order chi connectivity index (χ0) is 58.7. The zero-order valence-electron chi connectivity index (χ0n) is 40.8. The summed E-state index contributed by atoms with van der Waals surface area (Å²) in [5.74, 6) is -18.2. The van der Waals surface area contributed by atoms with Crippen molar-refractivity contribution in [2.24, 2.45) is 0 Å². The molecule has 0 aromatic carbocycles. The number of ether oxygens (including phenoxy) is 9. The molecule has 0 aromatic heterocycles. The van der Waals surface area contributed by atoms with Crippen LogP contribution in [-0.2, 0) is 75.7 Å². The van der Waals surface area contributed by atoms with Crippen molar-refractivity contribution in [3.8, 4) is 0 Å². The molecule has 0 bridgehead atoms. The third-order valence-corrected chi connectivity index (χ3v) is 13.7. The molecule has 25 atom stereocenters. The molecule has 0 spiro atoms. The quantitative estimate of drug-likeness (QED) is 0.0423. The number of carbonyl (C=O) groups is 5. The lowest BCUT2D eigenvalue weighted by atomic mass is 9.89. The van der Waals surface area contributed by atoms with Gasteiger partial charge in [0.25, 0.3) is 17.4 Å². The fraction of sp³-hybridized carbons (Fsp3) is 0.875. The minimum absolute atomic E-state index is 0.749. The Morgan fingerprint density at radius 1 is 0.590 bits per heavy atom. The average Bonchev–Trinajstić information content (AvgIpc) is 3.35. The lowest BCUT2D eigenvalue weighted by molar-refractivity contribution is -0.380. The molecule has 21 N–H and O–H groups in total. The Bertz CT molecular complexity index is 2130. The van der Waals surface area contributed by atoms with Crippen molar-refractivity contribution < 1.29 is 172 Å². The van der Waals surface area contributed by atoms with Crippen LogP contribution in [0.15, 0.2) is 0 Å². The number of hydrogen-bond donors (Lipinski definition) is 21. The summed E-state index contributed by atoms with van der Waals surface area (Å²) in [6.07, 6.45) is -47.8. The Balaban J connectivity index is 1.44. The van der Waals surface area contributed by atoms with Gasteiger partial charge >= 0.3 is 25.7 Å². The van der Waals surface area contributed by atoms with Gasteiger partial charge in [0.2, 0.25) is 11.8 Å². The molecule has 0 radical (unpaired) electrons. The summed E-state index contributed by atoms with van der Waals surface area (Å²) in [6, 6.07) is -3.47. The van der Waals surface area contributed by atoms with E-state index in [2.05, 4.69) is 10.6 Å². The van der Waals surface area contributed by atoms with E-state index in [1.807, 2.05) is 0 Å². The van der Waals surface area contributed by atoms with E-state index in [0.717, 1.165) is 13.8 Å². The van der Waals surface area contributed by atoms with Crippen molar-refractivity contribution >= 4 is 37.5 Å². The molecule has 5 rings (SSSR count). The number of phosphoric acid groups is 1. The normalized spacial score (nSPS) is 42.7. The highest BCUT2D eigenvalue weighted by Gasteiger charge is 2.63. The number of aliphatic hydroxyl groups excluding tert-OH is 14. The van der Waals surface area contributed by atoms with Gasteiger partial charge in [-0.25, -0.2) is 18.9 Å². The second-order valence-corrected chi connectivity index (χ2v) is 20.1. The topological polar surface area (TPSA) is 603 Å². The molecule has 0 unspecified atom stereocenters. The first-order chi connectivity index (χ1) is 36.2. The predicted octanol–water partition coefficient (Wildman–Crippen LogP) is -12.0. The Hall–Kier alpha value is -3.46. The van der Waals surface area contributed by atoms with Crippen molar-refractivity contribution in [1.82, 2.24) is 10.6 Å². The lowest BCUT2D eigenvalue weighted by Crippen LogP contribution is -2.69. The van der Waals surface area contributed by atoms with E-state index in [9.17, 15) is 125 Å². The van der Waals surface area contributed by atoms with Crippen LogP contribution in [0.1, 0.15) is 33.1 Å². The Morgan fingerprint density at radius 3 is 1.56 bits per heavy atom. The monoisotopic (exact) mass is 1160 g/mol. The maximum absolute atomic E-state index is 13.3. The molecule has 0 aliphatic carbocycles. The fourth-order valence-corrected chi connectivity index (χ4v) is 9.82. The standard InChI is InChI=1S/C40H65N2O35P/c1-11(45)41-21-27(56)25(54)19(71-33(21)58)9-68-34-22(42-12(2)46)28(57)32(77-78(65,66)67)20(72-34)10-70-39(36(61)62)5-18(26(55)30(75-39)16(50)7-44)73-40(37(63)64)4-14(48)24(53)31(76-40)17(51)8-69-38(35(59)60)3-13(47)23(52)29(74-38)15(49)6-43/h13-34,43-44,47-58H,3-10H2,1-2H3,(H,41,45)(H,42,46)(H,59,60)(H,61,62)(H,63,64)(H2,65,66,67)/t13-,14-,15-,16-,17-,18-,19-,20-,21-,22-,23-,24-,25-,26-,27-,28-,29-,30-,31-,32-,33+,34-,38-,39-,40-/m1/s1. The van der Waals surface area contributed by atoms with E-state index in [1.165, 1.54) is 0 Å². The van der Waals surface area contributed by atoms with Gasteiger partial charge in [0.1, 0.15) is 104 Å². The first-order valence-electron chi connectivity index (χ1n) is 23.5. The first kappa shape index (κ1) is 65.4. The molecule has 0 saturated carbocycles. The van der Waals surface area contributed by atoms with Crippen molar-refractivity contribution in [2.75, 3.05) is 33.0 Å². The number of nitrogens with one attached hydrogen (secondary N) is 2. The number of amides is 2. The van der Waals surface area contributed by atoms with Crippen molar-refractivity contribution in [3.63, 3.8) is 0 Å². The maximum Gasteiger partial charge on any atom is 0.470 e. The van der Waals surface area contributed by atoms with Gasteiger partial charge in [0.05, 0.1) is 51.3 Å². The number of aliphatic carboxylic acids is 3. The van der Waals surface area contributed by atoms with E-state index in [0.29, 0.717) is 0 Å². The molecule has 5 fully saturated rings. The summed E-state index contributed by atoms with van der Waals surface area (Å²) in [6.45, 7) is -4.29. The second kappa shape index (κ2) is 26.2. The molecule has 2 amide bonds. The van der Waals surface area contributed by atoms with Gasteiger partial charge in [0, 0.05) is 33.1 Å². The number of phosphoric ester groups is 1. The average molecular weight is 1160 g/mol. The van der Waals surface area contributed by atoms with E-state index in [1.54, 1.807) is 0 Å². The fourth-order valence-electron chi connectivity index (χ4n) is 9.24. The molecular formula is C40H65N2O35P. The number of aliphatic hydroxyl groups is 14. The molecule has 37 nitrogen and oxygen atoms in total. The summed E-state index contributed by atoms with van der Waals surface area (Å²) in [4.78, 5) is 82.6. The maximum atomic E-state index is 13.3. The van der Waals surface area contributed by atoms with Crippen molar-refractivity contribution in [3.05, 3.63) is 0 Å². The highest BCUT2D eigenvalue weighted by molar-refractivity contribution is 7.46. The molecule has 5 aliphatic rings. The summed E-state index contributed by atoms with van der Waals surface area (Å²) >= 11 is 0. The van der Waals surface area contributed by atoms with Gasteiger partial charge in [-0.1, -0.05) is 0 Å². The Labute approximate surface area is 438 Å². The number of hydrogen-bond acceptors (Lipinski definition) is 30. The van der Waals surface area contributed by atoms with E-state index < -0.39 is 242 Å². The Kier molecular flexibility index (Phi) is 21.9. The van der Waals surface area contributed by atoms with Crippen LogP contribution in [0.5, 0.6) is 0 Å². The highest BCUT2D eigenvalue weighted by Crippen LogP contribution is 2.44. The Morgan fingerprint density at radius 2 is 1.06 bits per heavy atom. The van der Waals surface area contributed by atoms with Gasteiger partial charge < -0.3 is 150 Å². The third-order valence-electron chi connectivity index (χ3n) is 13.2. The van der Waals surface area contributed by atoms with Gasteiger partial charge in [-0.2, -0.15) is 0 Å². The van der Waals surface area contributed by atoms with E-state index in [4.69, 9.17) is 47.2 Å². The number of carboxylic acids is 3. The lowest BCUT2D eigenvalue weighted by Gasteiger charge is -2.50. The number of carbonyl (C=O) groups excluding carboxylic acids is 2. The van der Waals surface area contributed by atoms with Crippen LogP contribution in [0, 0.1) is 0 Å². The third kappa shape index (κ3) is 14.6. The minimum Gasteiger partial charge on any atom is -0.477 e. The molecular weight excluding hydrogens is 1100 g/mol. The molecule has 38 heteroatoms. The summed E-state index contributed by atoms with van der Waals surface area (Å²) < 4.78 is 66.5. The molecule has 450 valence electrons. The SMILES string of the molecule is CC(=O)N[C@@H]1[C@@H](O)[C@H](O)[C@@H](CO[C@@H]2O[C@H](CO[C@]3(C(=O)O)C[C@@H](O[C@]4(C(=O)O)C[C@@H](O)[C@@H](O)[C@@H]([C@H](O)CO[C@]5(C(=O)O)C[C@@H](O)[C@@H](O)[C@@H]([C@H](O)CO)O5)O4)[C@@H](O)[C@@H]([C@H](O)CO)O3)[C@@H](OP(=O)(O)O)[C@H](O)[C@H]2NC(C)=O)O[C@@H]1O. The molecule has 5 saturated heterocycles. The summed E-state index contributed by atoms with van der Waals surface area (Å²) in [5.41, 5.74) is 0. The van der Waals surface area contributed by atoms with Crippen LogP contribution in [0.25, 0.3) is 0 Å². The largest absolute Gasteiger partial charge is 0.477 e. The van der Waals surface area contributed by atoms with Gasteiger partial charge in [-0.3, -0.25) is 14.1 Å². The van der Waals surface area contributed by atoms with Gasteiger partial charge in [0.15, 0.2) is 12.6 Å². The first-order valence-corrected chi connectivity index (χ1v) is 25.0. The summed E-state index contributed by atoms with van der Waals surface area (Å²) in [5, 5.41) is 185. The van der Waals surface area contributed by atoms with Crippen LogP contribution in [0.4, 0.5) is 0 Å². The van der Waals surface area contributed by atoms with Crippen LogP contribution < -0.4 is 10.6 Å². The molecule has 5 aliphatic heterocycles. The number of rotatable bonds is 23. The van der Waals surface area contributed by atoms with E-state index >= 15 is 0 Å². The van der Waals surface area contributed by atoms with Crippen LogP contribution >= 0.6 is 7.82 Å². The molecule has 0 aromatic rings. The van der Waals surface area contributed by atoms with Crippen molar-refractivity contribution in [1.29, 1.82) is 0 Å². The van der Waals surface area contributed by atoms with E-state index in [-0.39, 0.29) is 0 Å². The van der Waals surface area contributed by atoms with Gasteiger partial charge in [-0.05, 0) is 0 Å². The van der Waals surface area contributed by atoms with Gasteiger partial charge in [-0.15, -0.1) is 0 Å². The smallest absolute Gasteiger partial charge is 0.470 e. The minimum atomic E-state index is -5.75. The molecule has 5 heterocycles. The second-order valence-electron chi connectivity index (χ2n) is 18.9. The summed E-state index contributed by atoms with van der Waals surface area (Å²) in [7, 11) is -5.75.